The van der Waals surface area contributed by atoms with Crippen molar-refractivity contribution in [3.05, 3.63) is 11.7 Å². The first kappa shape index (κ1) is 11.6. The zero-order chi connectivity index (χ0) is 11.6. The number of carbonyl (C=O) groups is 1. The highest BCUT2D eigenvalue weighted by atomic mass is 32.2. The van der Waals surface area contributed by atoms with Gasteiger partial charge in [0, 0.05) is 6.26 Å². The van der Waals surface area contributed by atoms with E-state index < -0.39 is 27.5 Å². The van der Waals surface area contributed by atoms with Crippen LogP contribution in [0.2, 0.25) is 0 Å². The highest BCUT2D eigenvalue weighted by Crippen LogP contribution is 2.17. The number of carboxylic acid groups (broad SMARTS) is 1. The van der Waals surface area contributed by atoms with Crippen LogP contribution in [0.15, 0.2) is 4.52 Å². The minimum absolute atomic E-state index is 0.0197. The molecular formula is C7H10N2O5S. The maximum Gasteiger partial charge on any atom is 0.312 e. The maximum atomic E-state index is 11.1. The van der Waals surface area contributed by atoms with Gasteiger partial charge in [0.1, 0.15) is 11.7 Å². The number of rotatable bonds is 4. The number of hydrogen-bond acceptors (Lipinski definition) is 6. The molecule has 0 aliphatic rings. The van der Waals surface area contributed by atoms with E-state index in [4.69, 9.17) is 5.11 Å². The zero-order valence-electron chi connectivity index (χ0n) is 8.17. The Morgan fingerprint density at radius 1 is 1.60 bits per heavy atom. The largest absolute Gasteiger partial charge is 0.481 e. The molecule has 0 bridgehead atoms. The molecule has 7 nitrogen and oxygen atoms in total. The average Bonchev–Trinajstić information content (AvgIpc) is 2.48. The third-order valence-electron chi connectivity index (χ3n) is 1.79. The topological polar surface area (TPSA) is 110 Å². The van der Waals surface area contributed by atoms with E-state index in [1.165, 1.54) is 6.92 Å². The summed E-state index contributed by atoms with van der Waals surface area (Å²) < 4.78 is 26.8. The zero-order valence-corrected chi connectivity index (χ0v) is 8.98. The first-order valence-corrected chi connectivity index (χ1v) is 5.99. The molecule has 1 aromatic rings. The van der Waals surface area contributed by atoms with E-state index in [9.17, 15) is 13.2 Å². The van der Waals surface area contributed by atoms with E-state index >= 15 is 0 Å². The normalized spacial score (nSPS) is 13.7. The van der Waals surface area contributed by atoms with Gasteiger partial charge in [-0.1, -0.05) is 5.16 Å². The Balaban J connectivity index is 2.89. The molecule has 0 aromatic carbocycles. The Hall–Kier alpha value is -1.44. The summed E-state index contributed by atoms with van der Waals surface area (Å²) in [6, 6.07) is 0. The fourth-order valence-corrected chi connectivity index (χ4v) is 1.30. The van der Waals surface area contributed by atoms with E-state index in [1.54, 1.807) is 0 Å². The molecule has 0 fully saturated rings. The number of hydrogen-bond donors (Lipinski definition) is 1. The van der Waals surface area contributed by atoms with Crippen LogP contribution in [-0.2, 0) is 21.1 Å². The van der Waals surface area contributed by atoms with E-state index in [-0.39, 0.29) is 11.7 Å². The summed E-state index contributed by atoms with van der Waals surface area (Å²) in [4.78, 5) is 14.0. The summed E-state index contributed by atoms with van der Waals surface area (Å²) in [5.41, 5.74) is 0. The Morgan fingerprint density at radius 3 is 2.67 bits per heavy atom. The average molecular weight is 234 g/mol. The van der Waals surface area contributed by atoms with Crippen molar-refractivity contribution < 1.29 is 22.8 Å². The van der Waals surface area contributed by atoms with Gasteiger partial charge >= 0.3 is 5.97 Å². The molecule has 84 valence electrons. The molecular weight excluding hydrogens is 224 g/mol. The molecule has 15 heavy (non-hydrogen) atoms. The first-order valence-electron chi connectivity index (χ1n) is 4.04. The lowest BCUT2D eigenvalue weighted by atomic mass is 10.4. The number of nitrogens with zero attached hydrogens (tertiary/aromatic N) is 2. The second kappa shape index (κ2) is 3.97. The van der Waals surface area contributed by atoms with Crippen LogP contribution in [0.1, 0.15) is 23.9 Å². The highest BCUT2D eigenvalue weighted by molar-refractivity contribution is 7.90. The van der Waals surface area contributed by atoms with Gasteiger partial charge in [-0.2, -0.15) is 4.98 Å². The minimum atomic E-state index is -3.30. The van der Waals surface area contributed by atoms with Gasteiger partial charge < -0.3 is 9.63 Å². The van der Waals surface area contributed by atoms with Gasteiger partial charge in [0.05, 0.1) is 0 Å². The lowest BCUT2D eigenvalue weighted by Crippen LogP contribution is -2.09. The van der Waals surface area contributed by atoms with Gasteiger partial charge in [0.25, 0.3) is 0 Å². The molecule has 0 spiro atoms. The second-order valence-electron chi connectivity index (χ2n) is 3.09. The van der Waals surface area contributed by atoms with Crippen LogP contribution in [0, 0.1) is 0 Å². The SMILES string of the molecule is CC(c1noc(CC(=O)O)n1)S(C)(=O)=O. The molecule has 0 radical (unpaired) electrons. The van der Waals surface area contributed by atoms with Gasteiger partial charge in [-0.25, -0.2) is 8.42 Å². The van der Waals surface area contributed by atoms with E-state index in [0.29, 0.717) is 0 Å². The van der Waals surface area contributed by atoms with Crippen LogP contribution in [0.5, 0.6) is 0 Å². The fourth-order valence-electron chi connectivity index (χ4n) is 0.826. The van der Waals surface area contributed by atoms with Crippen molar-refractivity contribution >= 4 is 15.8 Å². The standard InChI is InChI=1S/C7H10N2O5S/c1-4(15(2,12)13)7-8-5(14-9-7)3-6(10)11/h4H,3H2,1-2H3,(H,10,11). The van der Waals surface area contributed by atoms with E-state index in [0.717, 1.165) is 6.26 Å². The second-order valence-corrected chi connectivity index (χ2v) is 5.45. The van der Waals surface area contributed by atoms with Crippen molar-refractivity contribution in [2.45, 2.75) is 18.6 Å². The highest BCUT2D eigenvalue weighted by Gasteiger charge is 2.23. The Labute approximate surface area is 86.0 Å². The van der Waals surface area contributed by atoms with Crippen LogP contribution in [0.3, 0.4) is 0 Å². The van der Waals surface area contributed by atoms with E-state index in [2.05, 4.69) is 14.7 Å². The van der Waals surface area contributed by atoms with Gasteiger partial charge in [-0.05, 0) is 6.92 Å². The molecule has 1 atom stereocenters. The third-order valence-corrected chi connectivity index (χ3v) is 3.29. The fraction of sp³-hybridized carbons (Fsp3) is 0.571. The van der Waals surface area contributed by atoms with Gasteiger partial charge in [0.2, 0.25) is 5.89 Å². The molecule has 1 N–H and O–H groups in total. The lowest BCUT2D eigenvalue weighted by molar-refractivity contribution is -0.136. The van der Waals surface area contributed by atoms with Crippen molar-refractivity contribution in [3.63, 3.8) is 0 Å². The Kier molecular flexibility index (Phi) is 3.08. The van der Waals surface area contributed by atoms with Gasteiger partial charge in [-0.15, -0.1) is 0 Å². The van der Waals surface area contributed by atoms with Gasteiger partial charge in [0.15, 0.2) is 15.7 Å². The number of aliphatic carboxylic acids is 1. The van der Waals surface area contributed by atoms with Crippen LogP contribution in [0.25, 0.3) is 0 Å². The van der Waals surface area contributed by atoms with Crippen molar-refractivity contribution in [2.24, 2.45) is 0 Å². The summed E-state index contributed by atoms with van der Waals surface area (Å²) in [6.45, 7) is 1.41. The lowest BCUT2D eigenvalue weighted by Gasteiger charge is -2.01. The Bertz CT molecular complexity index is 463. The first-order chi connectivity index (χ1) is 6.80. The molecule has 1 heterocycles. The number of carboxylic acids is 1. The quantitative estimate of drug-likeness (QED) is 0.768. The predicted molar refractivity (Wildman–Crippen MR) is 48.9 cm³/mol. The van der Waals surface area contributed by atoms with Crippen LogP contribution in [0.4, 0.5) is 0 Å². The van der Waals surface area contributed by atoms with Crippen molar-refractivity contribution in [1.29, 1.82) is 0 Å². The number of aromatic nitrogens is 2. The summed E-state index contributed by atoms with van der Waals surface area (Å²) >= 11 is 0. The van der Waals surface area contributed by atoms with Gasteiger partial charge in [-0.3, -0.25) is 4.79 Å². The molecule has 0 aliphatic carbocycles. The summed E-state index contributed by atoms with van der Waals surface area (Å²) in [7, 11) is -3.30. The van der Waals surface area contributed by atoms with Crippen molar-refractivity contribution in [3.8, 4) is 0 Å². The molecule has 0 saturated heterocycles. The molecule has 0 saturated carbocycles. The van der Waals surface area contributed by atoms with Crippen LogP contribution in [-0.4, -0.2) is 35.9 Å². The molecule has 0 aliphatic heterocycles. The summed E-state index contributed by atoms with van der Waals surface area (Å²) in [6.07, 6.45) is 0.633. The summed E-state index contributed by atoms with van der Waals surface area (Å²) in [5, 5.41) is 10.9. The van der Waals surface area contributed by atoms with Crippen molar-refractivity contribution in [2.75, 3.05) is 6.26 Å². The molecule has 1 rings (SSSR count). The number of sulfone groups is 1. The van der Waals surface area contributed by atoms with Crippen LogP contribution < -0.4 is 0 Å². The van der Waals surface area contributed by atoms with E-state index in [1.807, 2.05) is 0 Å². The predicted octanol–water partition coefficient (Wildman–Crippen LogP) is -0.198. The Morgan fingerprint density at radius 2 is 2.20 bits per heavy atom. The molecule has 8 heteroatoms. The third kappa shape index (κ3) is 3.01. The minimum Gasteiger partial charge on any atom is -0.481 e. The van der Waals surface area contributed by atoms with Crippen molar-refractivity contribution in [1.82, 2.24) is 10.1 Å². The summed E-state index contributed by atoms with van der Waals surface area (Å²) in [5.74, 6) is -1.24. The van der Waals surface area contributed by atoms with Crippen LogP contribution >= 0.6 is 0 Å². The molecule has 1 aromatic heterocycles. The monoisotopic (exact) mass is 234 g/mol. The molecule has 0 amide bonds. The smallest absolute Gasteiger partial charge is 0.312 e. The maximum absolute atomic E-state index is 11.1. The molecule has 1 unspecified atom stereocenters.